The van der Waals surface area contributed by atoms with E-state index in [0.717, 1.165) is 12.1 Å². The lowest BCUT2D eigenvalue weighted by molar-refractivity contribution is -0.139. The number of fused-ring (bicyclic) bond motifs is 1. The molecule has 3 nitrogen and oxygen atoms in total. The average Bonchev–Trinajstić information content (AvgIpc) is 2.66. The molecule has 0 saturated carbocycles. The van der Waals surface area contributed by atoms with Crippen LogP contribution in [0.15, 0.2) is 47.3 Å². The van der Waals surface area contributed by atoms with Crippen molar-refractivity contribution in [1.82, 2.24) is 9.78 Å². The zero-order chi connectivity index (χ0) is 22.1. The van der Waals surface area contributed by atoms with Crippen LogP contribution >= 0.6 is 11.8 Å². The predicted molar refractivity (Wildman–Crippen MR) is 99.5 cm³/mol. The van der Waals surface area contributed by atoms with E-state index >= 15 is 0 Å². The number of rotatable bonds is 5. The Morgan fingerprint density at radius 1 is 0.967 bits per heavy atom. The van der Waals surface area contributed by atoms with Gasteiger partial charge in [-0.15, -0.1) is 0 Å². The molecule has 1 aromatic heterocycles. The number of aromatic nitrogens is 2. The van der Waals surface area contributed by atoms with E-state index in [1.807, 2.05) is 0 Å². The Hall–Kier alpha value is -2.56. The molecule has 160 valence electrons. The van der Waals surface area contributed by atoms with E-state index < -0.39 is 39.8 Å². The second kappa shape index (κ2) is 8.29. The normalized spacial score (nSPS) is 12.5. The summed E-state index contributed by atoms with van der Waals surface area (Å²) in [5.74, 6) is -1.91. The lowest BCUT2D eigenvalue weighted by Crippen LogP contribution is -2.18. The minimum atomic E-state index is -4.97. The van der Waals surface area contributed by atoms with Gasteiger partial charge in [0, 0.05) is 23.2 Å². The molecule has 0 atom stereocenters. The maximum atomic E-state index is 14.6. The number of hydrogen-bond donors (Lipinski definition) is 0. The first-order valence-electron chi connectivity index (χ1n) is 8.55. The van der Waals surface area contributed by atoms with Crippen LogP contribution < -0.4 is 5.43 Å². The zero-order valence-corrected chi connectivity index (χ0v) is 15.8. The van der Waals surface area contributed by atoms with Crippen molar-refractivity contribution in [3.63, 3.8) is 0 Å². The first-order valence-corrected chi connectivity index (χ1v) is 9.54. The van der Waals surface area contributed by atoms with Crippen molar-refractivity contribution in [3.8, 4) is 11.3 Å². The van der Waals surface area contributed by atoms with Gasteiger partial charge in [-0.2, -0.15) is 31.4 Å². The van der Waals surface area contributed by atoms with Crippen molar-refractivity contribution in [3.05, 3.63) is 64.1 Å². The summed E-state index contributed by atoms with van der Waals surface area (Å²) in [6, 6.07) is 8.51. The SMILES string of the molecule is O=c1c(-c2cccc(C(F)(F)F)c2F)nn(CCCSC(F)(F)F)c2ccccc12. The number of nitrogens with zero attached hydrogens (tertiary/aromatic N) is 2. The standard InChI is InChI=1S/C19H13F7N2OS/c20-15-12(6-3-7-13(15)18(21,22)23)16-17(29)11-5-1-2-8-14(11)28(27-16)9-4-10-30-19(24,25)26/h1-3,5-8H,4,9-10H2. The van der Waals surface area contributed by atoms with Gasteiger partial charge in [-0.05, 0) is 30.7 Å². The van der Waals surface area contributed by atoms with Crippen molar-refractivity contribution < 1.29 is 30.7 Å². The Kier molecular flexibility index (Phi) is 6.11. The second-order valence-electron chi connectivity index (χ2n) is 6.23. The molecule has 3 rings (SSSR count). The number of aryl methyl sites for hydroxylation is 1. The van der Waals surface area contributed by atoms with E-state index in [4.69, 9.17) is 0 Å². The molecule has 1 heterocycles. The average molecular weight is 450 g/mol. The number of thioether (sulfide) groups is 1. The fraction of sp³-hybridized carbons (Fsp3) is 0.263. The van der Waals surface area contributed by atoms with Gasteiger partial charge in [-0.25, -0.2) is 4.39 Å². The predicted octanol–water partition coefficient (Wildman–Crippen LogP) is 5.86. The van der Waals surface area contributed by atoms with Crippen LogP contribution in [0.3, 0.4) is 0 Å². The second-order valence-corrected chi connectivity index (χ2v) is 7.39. The Labute approximate surface area is 169 Å². The maximum absolute atomic E-state index is 14.6. The summed E-state index contributed by atoms with van der Waals surface area (Å²) in [6.07, 6.45) is -4.95. The molecule has 0 aliphatic heterocycles. The third-order valence-electron chi connectivity index (χ3n) is 4.20. The third-order valence-corrected chi connectivity index (χ3v) is 5.02. The molecule has 0 bridgehead atoms. The highest BCUT2D eigenvalue weighted by Gasteiger charge is 2.35. The molecule has 0 aliphatic carbocycles. The minimum absolute atomic E-state index is 0.0224. The van der Waals surface area contributed by atoms with Gasteiger partial charge in [0.2, 0.25) is 5.43 Å². The Morgan fingerprint density at radius 3 is 2.33 bits per heavy atom. The summed E-state index contributed by atoms with van der Waals surface area (Å²) in [6.45, 7) is -0.0442. The molecule has 0 N–H and O–H groups in total. The molecule has 0 saturated heterocycles. The summed E-state index contributed by atoms with van der Waals surface area (Å²) in [4.78, 5) is 12.8. The maximum Gasteiger partial charge on any atom is 0.441 e. The van der Waals surface area contributed by atoms with Gasteiger partial charge in [-0.3, -0.25) is 9.48 Å². The number of alkyl halides is 6. The molecular formula is C19H13F7N2OS. The van der Waals surface area contributed by atoms with E-state index in [1.165, 1.54) is 22.9 Å². The molecule has 0 unspecified atom stereocenters. The molecule has 0 fully saturated rings. The molecule has 3 aromatic rings. The highest BCUT2D eigenvalue weighted by Crippen LogP contribution is 2.35. The van der Waals surface area contributed by atoms with Gasteiger partial charge in [-0.1, -0.05) is 30.0 Å². The van der Waals surface area contributed by atoms with E-state index in [-0.39, 0.29) is 41.4 Å². The third kappa shape index (κ3) is 4.77. The topological polar surface area (TPSA) is 34.9 Å². The van der Waals surface area contributed by atoms with Crippen LogP contribution in [0.1, 0.15) is 12.0 Å². The van der Waals surface area contributed by atoms with Crippen LogP contribution in [0, 0.1) is 5.82 Å². The number of benzene rings is 2. The van der Waals surface area contributed by atoms with Gasteiger partial charge in [0.15, 0.2) is 0 Å². The molecule has 30 heavy (non-hydrogen) atoms. The zero-order valence-electron chi connectivity index (χ0n) is 15.0. The Morgan fingerprint density at radius 2 is 1.67 bits per heavy atom. The van der Waals surface area contributed by atoms with Crippen LogP contribution in [-0.2, 0) is 12.7 Å². The minimum Gasteiger partial charge on any atom is -0.287 e. The van der Waals surface area contributed by atoms with Crippen LogP contribution in [0.5, 0.6) is 0 Å². The number of hydrogen-bond acceptors (Lipinski definition) is 3. The summed E-state index contributed by atoms with van der Waals surface area (Å²) >= 11 is -0.219. The molecule has 11 heteroatoms. The van der Waals surface area contributed by atoms with Gasteiger partial charge in [0.1, 0.15) is 11.5 Å². The quantitative estimate of drug-likeness (QED) is 0.361. The van der Waals surface area contributed by atoms with Crippen LogP contribution in [0.25, 0.3) is 22.2 Å². The summed E-state index contributed by atoms with van der Waals surface area (Å²) in [7, 11) is 0. The van der Waals surface area contributed by atoms with E-state index in [1.54, 1.807) is 6.07 Å². The highest BCUT2D eigenvalue weighted by molar-refractivity contribution is 8.00. The van der Waals surface area contributed by atoms with Crippen molar-refractivity contribution in [2.75, 3.05) is 5.75 Å². The molecule has 0 radical (unpaired) electrons. The summed E-state index contributed by atoms with van der Waals surface area (Å²) in [5.41, 5.74) is -7.59. The van der Waals surface area contributed by atoms with E-state index in [2.05, 4.69) is 5.10 Å². The highest BCUT2D eigenvalue weighted by atomic mass is 32.2. The van der Waals surface area contributed by atoms with Gasteiger partial charge >= 0.3 is 11.7 Å². The van der Waals surface area contributed by atoms with Crippen LogP contribution in [0.4, 0.5) is 30.7 Å². The van der Waals surface area contributed by atoms with Crippen LogP contribution in [-0.4, -0.2) is 21.0 Å². The van der Waals surface area contributed by atoms with Crippen LogP contribution in [0.2, 0.25) is 0 Å². The fourth-order valence-electron chi connectivity index (χ4n) is 2.92. The monoisotopic (exact) mass is 450 g/mol. The lowest BCUT2D eigenvalue weighted by atomic mass is 10.0. The first-order chi connectivity index (χ1) is 14.0. The van der Waals surface area contributed by atoms with Crippen molar-refractivity contribution in [1.29, 1.82) is 0 Å². The number of para-hydroxylation sites is 1. The van der Waals surface area contributed by atoms with Crippen molar-refractivity contribution >= 4 is 22.7 Å². The number of halogens is 7. The molecule has 2 aromatic carbocycles. The summed E-state index contributed by atoms with van der Waals surface area (Å²) < 4.78 is 91.9. The fourth-order valence-corrected chi connectivity index (χ4v) is 3.43. The molecule has 0 spiro atoms. The smallest absolute Gasteiger partial charge is 0.287 e. The molecule has 0 aliphatic rings. The first kappa shape index (κ1) is 22.1. The lowest BCUT2D eigenvalue weighted by Gasteiger charge is -2.14. The van der Waals surface area contributed by atoms with Crippen molar-refractivity contribution in [2.24, 2.45) is 0 Å². The molecule has 0 amide bonds. The van der Waals surface area contributed by atoms with Crippen molar-refractivity contribution in [2.45, 2.75) is 24.7 Å². The van der Waals surface area contributed by atoms with E-state index in [9.17, 15) is 35.5 Å². The largest absolute Gasteiger partial charge is 0.441 e. The Balaban J connectivity index is 2.09. The van der Waals surface area contributed by atoms with E-state index in [0.29, 0.717) is 6.07 Å². The summed E-state index contributed by atoms with van der Waals surface area (Å²) in [5, 5.41) is 4.07. The van der Waals surface area contributed by atoms with Gasteiger partial charge in [0.25, 0.3) is 0 Å². The van der Waals surface area contributed by atoms with Gasteiger partial charge in [0.05, 0.1) is 11.1 Å². The van der Waals surface area contributed by atoms with Gasteiger partial charge < -0.3 is 0 Å². The Bertz CT molecular complexity index is 1120. The molecular weight excluding hydrogens is 437 g/mol.